The number of anilines is 2. The van der Waals surface area contributed by atoms with Crippen molar-refractivity contribution in [3.05, 3.63) is 46.0 Å². The molecule has 4 nitrogen and oxygen atoms in total. The molecule has 0 amide bonds. The Balaban J connectivity index is 2.21. The predicted octanol–water partition coefficient (Wildman–Crippen LogP) is 3.90. The van der Waals surface area contributed by atoms with Gasteiger partial charge in [0.05, 0.1) is 5.02 Å². The molecule has 0 unspecified atom stereocenters. The van der Waals surface area contributed by atoms with E-state index in [1.54, 1.807) is 12.1 Å². The van der Waals surface area contributed by atoms with Crippen LogP contribution in [-0.2, 0) is 6.54 Å². The first-order valence-electron chi connectivity index (χ1n) is 6.70. The summed E-state index contributed by atoms with van der Waals surface area (Å²) in [6.45, 7) is 6.36. The minimum atomic E-state index is -0.426. The van der Waals surface area contributed by atoms with Crippen molar-refractivity contribution in [2.75, 3.05) is 11.1 Å². The molecule has 1 aromatic carbocycles. The summed E-state index contributed by atoms with van der Waals surface area (Å²) < 4.78 is 13.1. The molecule has 0 aliphatic heterocycles. The van der Waals surface area contributed by atoms with Crippen LogP contribution in [0.3, 0.4) is 0 Å². The zero-order valence-corrected chi connectivity index (χ0v) is 13.0. The van der Waals surface area contributed by atoms with E-state index in [1.807, 2.05) is 20.8 Å². The van der Waals surface area contributed by atoms with Crippen molar-refractivity contribution in [2.45, 2.75) is 33.2 Å². The molecular formula is C15H18ClFN4. The lowest BCUT2D eigenvalue weighted by Crippen LogP contribution is -2.10. The van der Waals surface area contributed by atoms with E-state index in [4.69, 9.17) is 17.3 Å². The average Bonchev–Trinajstić information content (AvgIpc) is 2.43. The molecule has 2 rings (SSSR count). The molecule has 1 aromatic heterocycles. The van der Waals surface area contributed by atoms with E-state index < -0.39 is 5.82 Å². The first kappa shape index (κ1) is 15.5. The van der Waals surface area contributed by atoms with Crippen LogP contribution in [0.25, 0.3) is 0 Å². The van der Waals surface area contributed by atoms with Crippen LogP contribution in [0.2, 0.25) is 5.02 Å². The molecule has 0 saturated heterocycles. The van der Waals surface area contributed by atoms with Crippen LogP contribution >= 0.6 is 11.6 Å². The SMILES string of the molecule is Cc1c(N)nc(C(C)C)nc1NCc1ccc(F)c(Cl)c1. The van der Waals surface area contributed by atoms with E-state index in [1.165, 1.54) is 6.07 Å². The highest BCUT2D eigenvalue weighted by molar-refractivity contribution is 6.30. The van der Waals surface area contributed by atoms with Crippen LogP contribution < -0.4 is 11.1 Å². The topological polar surface area (TPSA) is 63.8 Å². The van der Waals surface area contributed by atoms with Crippen LogP contribution in [0.1, 0.15) is 36.7 Å². The number of halogens is 2. The third-order valence-electron chi connectivity index (χ3n) is 3.16. The quantitative estimate of drug-likeness (QED) is 0.899. The smallest absolute Gasteiger partial charge is 0.141 e. The summed E-state index contributed by atoms with van der Waals surface area (Å²) >= 11 is 5.77. The van der Waals surface area contributed by atoms with Gasteiger partial charge in [0.2, 0.25) is 0 Å². The van der Waals surface area contributed by atoms with Gasteiger partial charge in [0, 0.05) is 18.0 Å². The Morgan fingerprint density at radius 2 is 2.05 bits per heavy atom. The Bertz CT molecular complexity index is 658. The molecule has 3 N–H and O–H groups in total. The average molecular weight is 309 g/mol. The maximum Gasteiger partial charge on any atom is 0.141 e. The molecule has 0 aliphatic carbocycles. The first-order chi connectivity index (χ1) is 9.88. The Morgan fingerprint density at radius 1 is 1.33 bits per heavy atom. The minimum absolute atomic E-state index is 0.107. The molecule has 112 valence electrons. The fourth-order valence-corrected chi connectivity index (χ4v) is 2.02. The molecular weight excluding hydrogens is 291 g/mol. The van der Waals surface area contributed by atoms with Gasteiger partial charge >= 0.3 is 0 Å². The van der Waals surface area contributed by atoms with Crippen molar-refractivity contribution in [2.24, 2.45) is 0 Å². The molecule has 0 bridgehead atoms. The van der Waals surface area contributed by atoms with Gasteiger partial charge in [-0.2, -0.15) is 0 Å². The Hall–Kier alpha value is -1.88. The summed E-state index contributed by atoms with van der Waals surface area (Å²) in [6, 6.07) is 4.62. The molecule has 2 aromatic rings. The van der Waals surface area contributed by atoms with E-state index in [0.29, 0.717) is 24.0 Å². The normalized spacial score (nSPS) is 11.0. The number of rotatable bonds is 4. The van der Waals surface area contributed by atoms with Crippen LogP contribution in [0, 0.1) is 12.7 Å². The van der Waals surface area contributed by atoms with Crippen molar-refractivity contribution in [1.29, 1.82) is 0 Å². The minimum Gasteiger partial charge on any atom is -0.383 e. The number of aromatic nitrogens is 2. The number of hydrogen-bond acceptors (Lipinski definition) is 4. The van der Waals surface area contributed by atoms with E-state index in [9.17, 15) is 4.39 Å². The molecule has 0 radical (unpaired) electrons. The lowest BCUT2D eigenvalue weighted by molar-refractivity contribution is 0.627. The van der Waals surface area contributed by atoms with Gasteiger partial charge in [-0.05, 0) is 24.6 Å². The van der Waals surface area contributed by atoms with Gasteiger partial charge in [-0.25, -0.2) is 14.4 Å². The Morgan fingerprint density at radius 3 is 2.67 bits per heavy atom. The second-order valence-corrected chi connectivity index (χ2v) is 5.60. The lowest BCUT2D eigenvalue weighted by Gasteiger charge is -2.13. The van der Waals surface area contributed by atoms with E-state index in [2.05, 4.69) is 15.3 Å². The second kappa shape index (κ2) is 6.26. The summed E-state index contributed by atoms with van der Waals surface area (Å²) in [5, 5.41) is 3.31. The zero-order chi connectivity index (χ0) is 15.6. The molecule has 1 heterocycles. The van der Waals surface area contributed by atoms with Crippen molar-refractivity contribution in [3.63, 3.8) is 0 Å². The number of benzene rings is 1. The van der Waals surface area contributed by atoms with Crippen LogP contribution in [0.15, 0.2) is 18.2 Å². The Kier molecular flexibility index (Phi) is 4.63. The van der Waals surface area contributed by atoms with Crippen LogP contribution in [0.5, 0.6) is 0 Å². The molecule has 0 saturated carbocycles. The fourth-order valence-electron chi connectivity index (χ4n) is 1.82. The Labute approximate surface area is 128 Å². The van der Waals surface area contributed by atoms with Crippen molar-refractivity contribution in [1.82, 2.24) is 9.97 Å². The van der Waals surface area contributed by atoms with Gasteiger partial charge in [-0.15, -0.1) is 0 Å². The van der Waals surface area contributed by atoms with Crippen molar-refractivity contribution in [3.8, 4) is 0 Å². The largest absolute Gasteiger partial charge is 0.383 e. The predicted molar refractivity (Wildman–Crippen MR) is 84.0 cm³/mol. The van der Waals surface area contributed by atoms with Gasteiger partial charge in [0.15, 0.2) is 0 Å². The number of nitrogen functional groups attached to an aromatic ring is 1. The molecule has 0 atom stereocenters. The number of nitrogens with zero attached hydrogens (tertiary/aromatic N) is 2. The highest BCUT2D eigenvalue weighted by Gasteiger charge is 2.11. The summed E-state index contributed by atoms with van der Waals surface area (Å²) in [5.41, 5.74) is 7.57. The summed E-state index contributed by atoms with van der Waals surface area (Å²) in [5.74, 6) is 1.61. The standard InChI is InChI=1S/C15H18ClFN4/c1-8(2)14-20-13(18)9(3)15(21-14)19-7-10-4-5-12(17)11(16)6-10/h4-6,8H,7H2,1-3H3,(H3,18,19,20,21). The summed E-state index contributed by atoms with van der Waals surface area (Å²) in [4.78, 5) is 8.75. The summed E-state index contributed by atoms with van der Waals surface area (Å²) in [6.07, 6.45) is 0. The number of nitrogens with one attached hydrogen (secondary N) is 1. The fraction of sp³-hybridized carbons (Fsp3) is 0.333. The summed E-state index contributed by atoms with van der Waals surface area (Å²) in [7, 11) is 0. The molecule has 0 aliphatic rings. The van der Waals surface area contributed by atoms with Gasteiger partial charge in [0.1, 0.15) is 23.3 Å². The third kappa shape index (κ3) is 3.61. The number of nitrogens with two attached hydrogens (primary N) is 1. The number of hydrogen-bond donors (Lipinski definition) is 2. The lowest BCUT2D eigenvalue weighted by atomic mass is 10.2. The van der Waals surface area contributed by atoms with E-state index in [0.717, 1.165) is 11.1 Å². The maximum absolute atomic E-state index is 13.1. The second-order valence-electron chi connectivity index (χ2n) is 5.20. The zero-order valence-electron chi connectivity index (χ0n) is 12.2. The monoisotopic (exact) mass is 308 g/mol. The van der Waals surface area contributed by atoms with Crippen molar-refractivity contribution >= 4 is 23.2 Å². The van der Waals surface area contributed by atoms with E-state index in [-0.39, 0.29) is 10.9 Å². The highest BCUT2D eigenvalue weighted by Crippen LogP contribution is 2.22. The molecule has 6 heteroatoms. The maximum atomic E-state index is 13.1. The van der Waals surface area contributed by atoms with Crippen LogP contribution in [-0.4, -0.2) is 9.97 Å². The van der Waals surface area contributed by atoms with Gasteiger partial charge in [0.25, 0.3) is 0 Å². The first-order valence-corrected chi connectivity index (χ1v) is 7.08. The van der Waals surface area contributed by atoms with Gasteiger partial charge < -0.3 is 11.1 Å². The molecule has 0 fully saturated rings. The van der Waals surface area contributed by atoms with E-state index >= 15 is 0 Å². The third-order valence-corrected chi connectivity index (χ3v) is 3.45. The highest BCUT2D eigenvalue weighted by atomic mass is 35.5. The van der Waals surface area contributed by atoms with Gasteiger partial charge in [-0.3, -0.25) is 0 Å². The molecule has 21 heavy (non-hydrogen) atoms. The van der Waals surface area contributed by atoms with Gasteiger partial charge in [-0.1, -0.05) is 31.5 Å². The van der Waals surface area contributed by atoms with Crippen molar-refractivity contribution < 1.29 is 4.39 Å². The molecule has 0 spiro atoms. The van der Waals surface area contributed by atoms with Crippen LogP contribution in [0.4, 0.5) is 16.0 Å².